The predicted octanol–water partition coefficient (Wildman–Crippen LogP) is 4.84. The van der Waals surface area contributed by atoms with E-state index in [0.29, 0.717) is 28.8 Å². The summed E-state index contributed by atoms with van der Waals surface area (Å²) in [5.41, 5.74) is 3.57. The molecule has 3 aromatic rings. The van der Waals surface area contributed by atoms with Crippen LogP contribution in [0.4, 0.5) is 4.39 Å². The maximum atomic E-state index is 13.5. The molecule has 0 saturated carbocycles. The zero-order valence-corrected chi connectivity index (χ0v) is 17.0. The van der Waals surface area contributed by atoms with Gasteiger partial charge in [0.05, 0.1) is 26.1 Å². The van der Waals surface area contributed by atoms with E-state index in [-0.39, 0.29) is 11.9 Å². The summed E-state index contributed by atoms with van der Waals surface area (Å²) in [5, 5.41) is 8.47. The summed E-state index contributed by atoms with van der Waals surface area (Å²) in [7, 11) is 3.17. The van der Waals surface area contributed by atoms with Crippen LogP contribution in [0.5, 0.6) is 11.5 Å². The van der Waals surface area contributed by atoms with Gasteiger partial charge in [-0.15, -0.1) is 0 Å². The average molecular weight is 404 g/mol. The molecule has 1 heterocycles. The van der Waals surface area contributed by atoms with E-state index < -0.39 is 0 Å². The molecule has 1 unspecified atom stereocenters. The second-order valence-electron chi connectivity index (χ2n) is 6.48. The minimum Gasteiger partial charge on any atom is -0.493 e. The fourth-order valence-electron chi connectivity index (χ4n) is 3.12. The highest BCUT2D eigenvalue weighted by atomic mass is 35.5. The Kier molecular flexibility index (Phi) is 6.21. The molecular weight excluding hydrogens is 381 g/mol. The highest BCUT2D eigenvalue weighted by Crippen LogP contribution is 2.33. The van der Waals surface area contributed by atoms with E-state index in [1.165, 1.54) is 12.1 Å². The Balaban J connectivity index is 1.77. The Hall–Kier alpha value is -2.57. The molecule has 1 atom stereocenters. The van der Waals surface area contributed by atoms with Crippen LogP contribution in [-0.4, -0.2) is 24.0 Å². The van der Waals surface area contributed by atoms with Gasteiger partial charge in [0.1, 0.15) is 5.82 Å². The number of hydrogen-bond acceptors (Lipinski definition) is 4. The van der Waals surface area contributed by atoms with Crippen LogP contribution in [0, 0.1) is 12.7 Å². The zero-order valence-electron chi connectivity index (χ0n) is 16.3. The molecule has 1 aromatic heterocycles. The third kappa shape index (κ3) is 4.13. The van der Waals surface area contributed by atoms with Crippen LogP contribution in [0.2, 0.25) is 5.02 Å². The summed E-state index contributed by atoms with van der Waals surface area (Å²) < 4.78 is 25.9. The lowest BCUT2D eigenvalue weighted by Gasteiger charge is -2.16. The lowest BCUT2D eigenvalue weighted by molar-refractivity contribution is 0.354. The number of ether oxygens (including phenoxy) is 2. The number of nitrogens with zero attached hydrogens (tertiary/aromatic N) is 2. The van der Waals surface area contributed by atoms with Crippen molar-refractivity contribution in [3.63, 3.8) is 0 Å². The first kappa shape index (κ1) is 20.2. The Morgan fingerprint density at radius 3 is 2.57 bits per heavy atom. The van der Waals surface area contributed by atoms with Crippen molar-refractivity contribution in [3.8, 4) is 17.2 Å². The van der Waals surface area contributed by atoms with E-state index in [1.807, 2.05) is 19.1 Å². The van der Waals surface area contributed by atoms with Gasteiger partial charge >= 0.3 is 0 Å². The number of halogens is 2. The van der Waals surface area contributed by atoms with Crippen LogP contribution >= 0.6 is 11.6 Å². The van der Waals surface area contributed by atoms with Gasteiger partial charge in [-0.1, -0.05) is 17.7 Å². The molecule has 0 aliphatic rings. The normalized spacial score (nSPS) is 12.1. The highest BCUT2D eigenvalue weighted by molar-refractivity contribution is 6.31. The second kappa shape index (κ2) is 8.63. The van der Waals surface area contributed by atoms with Crippen LogP contribution in [-0.2, 0) is 6.54 Å². The molecule has 0 saturated heterocycles. The Morgan fingerprint density at radius 2 is 1.89 bits per heavy atom. The maximum Gasteiger partial charge on any atom is 0.162 e. The van der Waals surface area contributed by atoms with Crippen LogP contribution in [0.25, 0.3) is 5.69 Å². The molecule has 5 nitrogen and oxygen atoms in total. The quantitative estimate of drug-likeness (QED) is 0.613. The van der Waals surface area contributed by atoms with Crippen molar-refractivity contribution in [2.45, 2.75) is 26.4 Å². The average Bonchev–Trinajstić information content (AvgIpc) is 3.08. The summed E-state index contributed by atoms with van der Waals surface area (Å²) in [6, 6.07) is 10.0. The van der Waals surface area contributed by atoms with Crippen molar-refractivity contribution in [2.75, 3.05) is 14.2 Å². The van der Waals surface area contributed by atoms with Crippen LogP contribution in [0.3, 0.4) is 0 Å². The first-order chi connectivity index (χ1) is 13.4. The minimum atomic E-state index is -0.289. The Morgan fingerprint density at radius 1 is 1.18 bits per heavy atom. The number of hydrogen-bond donors (Lipinski definition) is 1. The molecule has 7 heteroatoms. The third-order valence-electron chi connectivity index (χ3n) is 4.72. The van der Waals surface area contributed by atoms with Crippen LogP contribution in [0.1, 0.15) is 29.8 Å². The molecule has 3 rings (SSSR count). The van der Waals surface area contributed by atoms with Crippen molar-refractivity contribution in [3.05, 3.63) is 70.3 Å². The van der Waals surface area contributed by atoms with Gasteiger partial charge in [0, 0.05) is 34.9 Å². The smallest absolute Gasteiger partial charge is 0.162 e. The van der Waals surface area contributed by atoms with Gasteiger partial charge in [-0.2, -0.15) is 5.10 Å². The monoisotopic (exact) mass is 403 g/mol. The van der Waals surface area contributed by atoms with Gasteiger partial charge < -0.3 is 14.8 Å². The largest absolute Gasteiger partial charge is 0.493 e. The zero-order chi connectivity index (χ0) is 20.3. The highest BCUT2D eigenvalue weighted by Gasteiger charge is 2.16. The maximum absolute atomic E-state index is 13.5. The lowest BCUT2D eigenvalue weighted by Crippen LogP contribution is -2.19. The molecule has 0 amide bonds. The van der Waals surface area contributed by atoms with Gasteiger partial charge in [0.15, 0.2) is 11.5 Å². The second-order valence-corrected chi connectivity index (χ2v) is 6.89. The van der Waals surface area contributed by atoms with Gasteiger partial charge in [-0.25, -0.2) is 9.07 Å². The summed E-state index contributed by atoms with van der Waals surface area (Å²) in [6.07, 6.45) is 1.80. The summed E-state index contributed by atoms with van der Waals surface area (Å²) >= 11 is 6.37. The van der Waals surface area contributed by atoms with Gasteiger partial charge in [-0.3, -0.25) is 0 Å². The third-order valence-corrected chi connectivity index (χ3v) is 5.07. The van der Waals surface area contributed by atoms with Gasteiger partial charge in [0.2, 0.25) is 0 Å². The first-order valence-electron chi connectivity index (χ1n) is 8.88. The molecule has 148 valence electrons. The molecule has 0 spiro atoms. The Labute approximate surface area is 169 Å². The minimum absolute atomic E-state index is 0.0199. The lowest BCUT2D eigenvalue weighted by atomic mass is 10.1. The fraction of sp³-hybridized carbons (Fsp3) is 0.286. The van der Waals surface area contributed by atoms with Crippen molar-refractivity contribution in [2.24, 2.45) is 0 Å². The van der Waals surface area contributed by atoms with Crippen LogP contribution < -0.4 is 14.8 Å². The van der Waals surface area contributed by atoms with Crippen molar-refractivity contribution in [1.82, 2.24) is 15.1 Å². The fourth-order valence-corrected chi connectivity index (χ4v) is 3.34. The van der Waals surface area contributed by atoms with Crippen molar-refractivity contribution in [1.29, 1.82) is 0 Å². The molecule has 0 aliphatic carbocycles. The SMILES string of the molecule is COc1cc(Cl)c(CNC(C)c2cnn(-c3cccc(F)c3)c2C)cc1OC. The molecular formula is C21H23ClFN3O2. The topological polar surface area (TPSA) is 48.3 Å². The molecule has 28 heavy (non-hydrogen) atoms. The molecule has 0 radical (unpaired) electrons. The van der Waals surface area contributed by atoms with Gasteiger partial charge in [0.25, 0.3) is 0 Å². The van der Waals surface area contributed by atoms with E-state index >= 15 is 0 Å². The predicted molar refractivity (Wildman–Crippen MR) is 108 cm³/mol. The molecule has 0 bridgehead atoms. The van der Waals surface area contributed by atoms with E-state index in [2.05, 4.69) is 17.3 Å². The summed E-state index contributed by atoms with van der Waals surface area (Å²) in [5.74, 6) is 0.936. The van der Waals surface area contributed by atoms with E-state index in [4.69, 9.17) is 21.1 Å². The van der Waals surface area contributed by atoms with Gasteiger partial charge in [-0.05, 0) is 43.7 Å². The molecule has 2 aromatic carbocycles. The standard InChI is InChI=1S/C21H23ClFN3O2/c1-13(24-11-15-8-20(27-3)21(28-4)10-19(15)22)18-12-25-26(14(18)2)17-7-5-6-16(23)9-17/h5-10,12-13,24H,11H2,1-4H3. The van der Waals surface area contributed by atoms with Crippen molar-refractivity contribution < 1.29 is 13.9 Å². The van der Waals surface area contributed by atoms with Crippen LogP contribution in [0.15, 0.2) is 42.6 Å². The number of nitrogens with one attached hydrogen (secondary N) is 1. The molecule has 0 aliphatic heterocycles. The summed E-state index contributed by atoms with van der Waals surface area (Å²) in [6.45, 7) is 4.56. The molecule has 0 fully saturated rings. The van der Waals surface area contributed by atoms with E-state index in [9.17, 15) is 4.39 Å². The first-order valence-corrected chi connectivity index (χ1v) is 9.26. The van der Waals surface area contributed by atoms with Crippen molar-refractivity contribution >= 4 is 11.6 Å². The molecule has 1 N–H and O–H groups in total. The number of methoxy groups -OCH3 is 2. The Bertz CT molecular complexity index is 974. The number of aromatic nitrogens is 2. The van der Waals surface area contributed by atoms with E-state index in [0.717, 1.165) is 16.8 Å². The van der Waals surface area contributed by atoms with E-state index in [1.54, 1.807) is 37.2 Å². The number of benzene rings is 2. The summed E-state index contributed by atoms with van der Waals surface area (Å²) in [4.78, 5) is 0. The number of rotatable bonds is 7.